The molecule has 0 spiro atoms. The van der Waals surface area contributed by atoms with E-state index in [9.17, 15) is 13.2 Å². The summed E-state index contributed by atoms with van der Waals surface area (Å²) in [5.74, 6) is 0.433. The van der Waals surface area contributed by atoms with Crippen molar-refractivity contribution in [1.29, 1.82) is 0 Å². The zero-order valence-corrected chi connectivity index (χ0v) is 17.6. The lowest BCUT2D eigenvalue weighted by Crippen LogP contribution is -2.42. The summed E-state index contributed by atoms with van der Waals surface area (Å²) < 4.78 is 33.4. The minimum absolute atomic E-state index is 0.0706. The lowest BCUT2D eigenvalue weighted by atomic mass is 9.93. The molecule has 2 N–H and O–H groups in total. The molecule has 0 aliphatic carbocycles. The van der Waals surface area contributed by atoms with Crippen molar-refractivity contribution in [3.63, 3.8) is 0 Å². The number of hydrogen-bond donors (Lipinski definition) is 2. The van der Waals surface area contributed by atoms with E-state index in [2.05, 4.69) is 15.0 Å². The average Bonchev–Trinajstić information content (AvgIpc) is 2.65. The molecule has 0 fully saturated rings. The van der Waals surface area contributed by atoms with Crippen molar-refractivity contribution in [2.24, 2.45) is 11.8 Å². The van der Waals surface area contributed by atoms with Crippen LogP contribution in [0.25, 0.3) is 0 Å². The van der Waals surface area contributed by atoms with E-state index in [1.807, 2.05) is 27.7 Å². The maximum absolute atomic E-state index is 12.9. The van der Waals surface area contributed by atoms with Crippen LogP contribution in [-0.4, -0.2) is 32.5 Å². The van der Waals surface area contributed by atoms with Crippen LogP contribution in [0.4, 0.5) is 5.69 Å². The third kappa shape index (κ3) is 5.22. The zero-order valence-electron chi connectivity index (χ0n) is 16.8. The molecule has 0 aliphatic heterocycles. The number of ether oxygens (including phenoxy) is 1. The largest absolute Gasteiger partial charge is 0.495 e. The van der Waals surface area contributed by atoms with Crippen molar-refractivity contribution in [3.8, 4) is 5.75 Å². The predicted octanol–water partition coefficient (Wildman–Crippen LogP) is 3.30. The van der Waals surface area contributed by atoms with Crippen LogP contribution in [-0.2, 0) is 10.0 Å². The molecule has 1 heterocycles. The minimum atomic E-state index is -4.00. The Morgan fingerprint density at radius 3 is 2.32 bits per heavy atom. The fraction of sp³-hybridized carbons (Fsp3) is 0.400. The highest BCUT2D eigenvalue weighted by Gasteiger charge is 2.26. The second-order valence-corrected chi connectivity index (χ2v) is 8.85. The van der Waals surface area contributed by atoms with Gasteiger partial charge in [0.2, 0.25) is 0 Å². The summed E-state index contributed by atoms with van der Waals surface area (Å²) in [6.45, 7) is 8.08. The van der Waals surface area contributed by atoms with Gasteiger partial charge in [-0.3, -0.25) is 14.5 Å². The fourth-order valence-electron chi connectivity index (χ4n) is 3.02. The summed E-state index contributed by atoms with van der Waals surface area (Å²) >= 11 is 0. The second-order valence-electron chi connectivity index (χ2n) is 7.20. The van der Waals surface area contributed by atoms with Crippen molar-refractivity contribution in [1.82, 2.24) is 10.3 Å². The Kier molecular flexibility index (Phi) is 7.01. The minimum Gasteiger partial charge on any atom is -0.495 e. The van der Waals surface area contributed by atoms with E-state index in [4.69, 9.17) is 4.74 Å². The van der Waals surface area contributed by atoms with E-state index in [0.29, 0.717) is 5.75 Å². The number of carbonyl (C=O) groups is 1. The maximum atomic E-state index is 12.9. The van der Waals surface area contributed by atoms with Gasteiger partial charge in [0.25, 0.3) is 15.9 Å². The van der Waals surface area contributed by atoms with Crippen LogP contribution in [0.1, 0.15) is 38.1 Å². The van der Waals surface area contributed by atoms with Crippen LogP contribution in [0.3, 0.4) is 0 Å². The van der Waals surface area contributed by atoms with Gasteiger partial charge in [-0.2, -0.15) is 0 Å². The molecule has 0 radical (unpaired) electrons. The lowest BCUT2D eigenvalue weighted by Gasteiger charge is -2.26. The maximum Gasteiger partial charge on any atom is 0.262 e. The summed E-state index contributed by atoms with van der Waals surface area (Å²) in [7, 11) is -2.53. The van der Waals surface area contributed by atoms with Crippen molar-refractivity contribution >= 4 is 21.6 Å². The molecule has 7 nitrogen and oxygen atoms in total. The summed E-state index contributed by atoms with van der Waals surface area (Å²) in [4.78, 5) is 16.7. The van der Waals surface area contributed by atoms with Crippen LogP contribution in [0.15, 0.2) is 47.6 Å². The Bertz CT molecular complexity index is 919. The first kappa shape index (κ1) is 21.7. The molecule has 0 saturated heterocycles. The van der Waals surface area contributed by atoms with E-state index in [1.54, 1.807) is 12.1 Å². The Morgan fingerprint density at radius 2 is 1.71 bits per heavy atom. The summed E-state index contributed by atoms with van der Waals surface area (Å²) in [6, 6.07) is 7.58. The molecular weight excluding hydrogens is 378 g/mol. The molecule has 2 aromatic rings. The number of methoxy groups -OCH3 is 1. The predicted molar refractivity (Wildman–Crippen MR) is 109 cm³/mol. The molecular formula is C20H27N3O4S. The Labute approximate surface area is 166 Å². The van der Waals surface area contributed by atoms with Crippen LogP contribution in [0.5, 0.6) is 5.75 Å². The molecule has 0 bridgehead atoms. The van der Waals surface area contributed by atoms with Crippen molar-refractivity contribution in [2.45, 2.75) is 38.6 Å². The quantitative estimate of drug-likeness (QED) is 0.702. The van der Waals surface area contributed by atoms with E-state index in [-0.39, 0.29) is 34.0 Å². The van der Waals surface area contributed by atoms with E-state index in [0.717, 1.165) is 0 Å². The highest BCUT2D eigenvalue weighted by atomic mass is 32.2. The van der Waals surface area contributed by atoms with Crippen molar-refractivity contribution in [3.05, 3.63) is 48.3 Å². The van der Waals surface area contributed by atoms with Gasteiger partial charge in [-0.15, -0.1) is 0 Å². The number of amides is 1. The smallest absolute Gasteiger partial charge is 0.262 e. The molecule has 0 atom stereocenters. The van der Waals surface area contributed by atoms with E-state index in [1.165, 1.54) is 37.7 Å². The Hall–Kier alpha value is -2.61. The number of benzene rings is 1. The first-order chi connectivity index (χ1) is 13.2. The molecule has 8 heteroatoms. The monoisotopic (exact) mass is 405 g/mol. The molecule has 0 aliphatic rings. The normalized spacial score (nSPS) is 11.7. The number of rotatable bonds is 8. The van der Waals surface area contributed by atoms with Crippen LogP contribution >= 0.6 is 0 Å². The van der Waals surface area contributed by atoms with Gasteiger partial charge in [0.1, 0.15) is 10.6 Å². The number of sulfonamides is 1. The summed E-state index contributed by atoms with van der Waals surface area (Å²) in [5.41, 5.74) is 0.342. The van der Waals surface area contributed by atoms with Gasteiger partial charge < -0.3 is 10.1 Å². The van der Waals surface area contributed by atoms with E-state index >= 15 is 0 Å². The molecule has 152 valence electrons. The molecule has 1 amide bonds. The zero-order chi connectivity index (χ0) is 20.9. The van der Waals surface area contributed by atoms with Crippen LogP contribution in [0.2, 0.25) is 0 Å². The van der Waals surface area contributed by atoms with Crippen molar-refractivity contribution in [2.75, 3.05) is 11.8 Å². The molecule has 0 unspecified atom stereocenters. The molecule has 2 rings (SSSR count). The van der Waals surface area contributed by atoms with Crippen molar-refractivity contribution < 1.29 is 17.9 Å². The number of aromatic nitrogens is 1. The molecule has 28 heavy (non-hydrogen) atoms. The second kappa shape index (κ2) is 9.05. The van der Waals surface area contributed by atoms with Gasteiger partial charge in [0, 0.05) is 12.1 Å². The van der Waals surface area contributed by atoms with Gasteiger partial charge >= 0.3 is 0 Å². The van der Waals surface area contributed by atoms with Gasteiger partial charge in [-0.25, -0.2) is 8.42 Å². The van der Waals surface area contributed by atoms with Gasteiger partial charge in [0.05, 0.1) is 30.8 Å². The van der Waals surface area contributed by atoms with Crippen LogP contribution < -0.4 is 14.8 Å². The summed E-state index contributed by atoms with van der Waals surface area (Å²) in [6.07, 6.45) is 2.84. The number of nitrogens with one attached hydrogen (secondary N) is 2. The Balaban J connectivity index is 2.35. The highest BCUT2D eigenvalue weighted by Crippen LogP contribution is 2.22. The molecule has 1 aromatic carbocycles. The number of hydrogen-bond acceptors (Lipinski definition) is 5. The topological polar surface area (TPSA) is 97.4 Å². The Morgan fingerprint density at radius 1 is 1.07 bits per heavy atom. The number of nitrogens with zero attached hydrogens (tertiary/aromatic N) is 1. The molecule has 0 saturated carbocycles. The van der Waals surface area contributed by atoms with Gasteiger partial charge in [-0.05, 0) is 24.0 Å². The third-order valence-corrected chi connectivity index (χ3v) is 5.80. The SMILES string of the molecule is COc1cncc(NS(=O)(=O)c2ccccc2C(=O)NC(C(C)C)C(C)C)c1. The average molecular weight is 406 g/mol. The fourth-order valence-corrected chi connectivity index (χ4v) is 4.26. The van der Waals surface area contributed by atoms with E-state index < -0.39 is 15.9 Å². The molecule has 1 aromatic heterocycles. The first-order valence-electron chi connectivity index (χ1n) is 9.07. The third-order valence-electron chi connectivity index (χ3n) is 4.36. The lowest BCUT2D eigenvalue weighted by molar-refractivity contribution is 0.0907. The highest BCUT2D eigenvalue weighted by molar-refractivity contribution is 7.92. The first-order valence-corrected chi connectivity index (χ1v) is 10.6. The van der Waals surface area contributed by atoms with Crippen LogP contribution in [0, 0.1) is 11.8 Å². The van der Waals surface area contributed by atoms with Gasteiger partial charge in [0.15, 0.2) is 0 Å². The number of pyridine rings is 1. The summed E-state index contributed by atoms with van der Waals surface area (Å²) in [5, 5.41) is 2.96. The van der Waals surface area contributed by atoms with Gasteiger partial charge in [-0.1, -0.05) is 39.8 Å². The standard InChI is InChI=1S/C20H27N3O4S/c1-13(2)19(14(3)4)22-20(24)17-8-6-7-9-18(17)28(25,26)23-15-10-16(27-5)12-21-11-15/h6-14,19,23H,1-5H3,(H,22,24). The number of carbonyl (C=O) groups excluding carboxylic acids is 1. The number of anilines is 1.